The highest BCUT2D eigenvalue weighted by atomic mass is 19.1. The lowest BCUT2D eigenvalue weighted by Gasteiger charge is -2.14. The van der Waals surface area contributed by atoms with E-state index < -0.39 is 5.67 Å². The van der Waals surface area contributed by atoms with Gasteiger partial charge in [-0.2, -0.15) is 10.1 Å². The molecule has 4 aromatic heterocycles. The standard InChI is InChI=1S/C25H29FN6O/c1-25(2,26)15-29-24-28-13-19-18(12-27-23(19)31-24)17-9-10-32-21(11-17)20(14-30-32)22(33)16-7-5-3-4-6-8-16/h9-14,16H,3-8,15H2,1-2H3,(H2,27,28,29,31). The molecule has 0 radical (unpaired) electrons. The number of aromatic nitrogens is 5. The van der Waals surface area contributed by atoms with Gasteiger partial charge in [0.25, 0.3) is 0 Å². The van der Waals surface area contributed by atoms with E-state index in [1.165, 1.54) is 26.7 Å². The van der Waals surface area contributed by atoms with Crippen LogP contribution >= 0.6 is 0 Å². The van der Waals surface area contributed by atoms with Crippen molar-refractivity contribution in [1.82, 2.24) is 24.6 Å². The van der Waals surface area contributed by atoms with Crippen molar-refractivity contribution in [3.8, 4) is 11.1 Å². The Morgan fingerprint density at radius 1 is 1.24 bits per heavy atom. The van der Waals surface area contributed by atoms with Gasteiger partial charge in [-0.15, -0.1) is 0 Å². The molecule has 0 spiro atoms. The number of nitrogens with zero attached hydrogens (tertiary/aromatic N) is 4. The number of fused-ring (bicyclic) bond motifs is 2. The highest BCUT2D eigenvalue weighted by molar-refractivity contribution is 6.04. The number of ketones is 1. The van der Waals surface area contributed by atoms with Crippen molar-refractivity contribution in [2.75, 3.05) is 11.9 Å². The second kappa shape index (κ2) is 8.57. The summed E-state index contributed by atoms with van der Waals surface area (Å²) in [7, 11) is 0. The average molecular weight is 449 g/mol. The quantitative estimate of drug-likeness (QED) is 0.297. The van der Waals surface area contributed by atoms with E-state index in [0.717, 1.165) is 47.7 Å². The number of pyridine rings is 1. The second-order valence-corrected chi connectivity index (χ2v) is 9.59. The van der Waals surface area contributed by atoms with Crippen LogP contribution in [0.3, 0.4) is 0 Å². The van der Waals surface area contributed by atoms with E-state index in [4.69, 9.17) is 0 Å². The van der Waals surface area contributed by atoms with E-state index in [0.29, 0.717) is 17.2 Å². The van der Waals surface area contributed by atoms with Crippen LogP contribution in [0.2, 0.25) is 0 Å². The summed E-state index contributed by atoms with van der Waals surface area (Å²) in [5, 5.41) is 8.22. The van der Waals surface area contributed by atoms with Gasteiger partial charge < -0.3 is 10.3 Å². The Kier molecular flexibility index (Phi) is 5.60. The van der Waals surface area contributed by atoms with Crippen LogP contribution in [0, 0.1) is 5.92 Å². The maximum absolute atomic E-state index is 13.8. The Balaban J connectivity index is 1.46. The van der Waals surface area contributed by atoms with Crippen molar-refractivity contribution in [2.24, 2.45) is 5.92 Å². The van der Waals surface area contributed by atoms with Crippen LogP contribution in [0.25, 0.3) is 27.7 Å². The minimum absolute atomic E-state index is 0.0888. The lowest BCUT2D eigenvalue weighted by molar-refractivity contribution is 0.0909. The largest absolute Gasteiger partial charge is 0.351 e. The number of carbonyl (C=O) groups is 1. The maximum Gasteiger partial charge on any atom is 0.224 e. The molecule has 1 aliphatic carbocycles. The Bertz CT molecular complexity index is 1290. The zero-order valence-electron chi connectivity index (χ0n) is 19.1. The van der Waals surface area contributed by atoms with Crippen molar-refractivity contribution in [1.29, 1.82) is 0 Å². The van der Waals surface area contributed by atoms with Crippen LogP contribution in [0.15, 0.2) is 36.9 Å². The molecule has 1 fully saturated rings. The Labute approximate surface area is 191 Å². The van der Waals surface area contributed by atoms with Gasteiger partial charge in [0.1, 0.15) is 11.3 Å². The molecular formula is C25H29FN6O. The molecule has 0 saturated heterocycles. The van der Waals surface area contributed by atoms with Crippen LogP contribution in [0.1, 0.15) is 62.7 Å². The number of nitrogens with one attached hydrogen (secondary N) is 2. The van der Waals surface area contributed by atoms with Crippen molar-refractivity contribution in [3.05, 3.63) is 42.5 Å². The predicted octanol–water partition coefficient (Wildman–Crippen LogP) is 5.59. The number of H-pyrrole nitrogens is 1. The fourth-order valence-electron chi connectivity index (χ4n) is 4.62. The van der Waals surface area contributed by atoms with Gasteiger partial charge in [-0.3, -0.25) is 4.79 Å². The molecule has 1 aliphatic rings. The molecule has 0 aromatic carbocycles. The average Bonchev–Trinajstić information content (AvgIpc) is 3.30. The van der Waals surface area contributed by atoms with Gasteiger partial charge in [0.2, 0.25) is 5.95 Å². The van der Waals surface area contributed by atoms with Crippen LogP contribution in [0.5, 0.6) is 0 Å². The van der Waals surface area contributed by atoms with Crippen molar-refractivity contribution in [2.45, 2.75) is 58.0 Å². The minimum Gasteiger partial charge on any atom is -0.351 e. The first-order chi connectivity index (χ1) is 15.9. The van der Waals surface area contributed by atoms with Crippen molar-refractivity contribution in [3.63, 3.8) is 0 Å². The van der Waals surface area contributed by atoms with Gasteiger partial charge in [-0.05, 0) is 44.4 Å². The number of carbonyl (C=O) groups excluding carboxylic acids is 1. The third-order valence-electron chi connectivity index (χ3n) is 6.42. The summed E-state index contributed by atoms with van der Waals surface area (Å²) in [5.74, 6) is 0.674. The molecule has 1 saturated carbocycles. The smallest absolute Gasteiger partial charge is 0.224 e. The van der Waals surface area contributed by atoms with Crippen LogP contribution in [0.4, 0.5) is 10.3 Å². The zero-order chi connectivity index (χ0) is 23.0. The topological polar surface area (TPSA) is 88.0 Å². The Morgan fingerprint density at radius 3 is 2.79 bits per heavy atom. The SMILES string of the molecule is CC(C)(F)CNc1ncc2c(-c3ccn4ncc(C(=O)C5CCCCCC5)c4c3)c[nH]c2n1. The van der Waals surface area contributed by atoms with Gasteiger partial charge in [-0.1, -0.05) is 25.7 Å². The number of aromatic amines is 1. The fraction of sp³-hybridized carbons (Fsp3) is 0.440. The molecule has 7 nitrogen and oxygen atoms in total. The molecule has 4 aromatic rings. The summed E-state index contributed by atoms with van der Waals surface area (Å²) in [4.78, 5) is 25.3. The molecule has 0 aliphatic heterocycles. The normalized spacial score (nSPS) is 15.7. The minimum atomic E-state index is -1.36. The molecule has 0 amide bonds. The summed E-state index contributed by atoms with van der Waals surface area (Å²) < 4.78 is 15.5. The first-order valence-corrected chi connectivity index (χ1v) is 11.7. The summed E-state index contributed by atoms with van der Waals surface area (Å²) >= 11 is 0. The number of rotatable bonds is 6. The summed E-state index contributed by atoms with van der Waals surface area (Å²) in [6.07, 6.45) is 13.8. The molecule has 4 heterocycles. The highest BCUT2D eigenvalue weighted by Gasteiger charge is 2.24. The van der Waals surface area contributed by atoms with E-state index in [1.807, 2.05) is 24.5 Å². The lowest BCUT2D eigenvalue weighted by atomic mass is 9.91. The molecule has 0 atom stereocenters. The molecule has 33 heavy (non-hydrogen) atoms. The Morgan fingerprint density at radius 2 is 2.03 bits per heavy atom. The summed E-state index contributed by atoms with van der Waals surface area (Å²) in [6, 6.07) is 3.98. The second-order valence-electron chi connectivity index (χ2n) is 9.59. The third-order valence-corrected chi connectivity index (χ3v) is 6.42. The first-order valence-electron chi connectivity index (χ1n) is 11.7. The Hall–Kier alpha value is -3.29. The van der Waals surface area contributed by atoms with E-state index >= 15 is 0 Å². The molecule has 2 N–H and O–H groups in total. The number of hydrogen-bond donors (Lipinski definition) is 2. The number of Topliss-reactive ketones (excluding diaryl/α,β-unsaturated/α-hetero) is 1. The van der Waals surface area contributed by atoms with E-state index in [-0.39, 0.29) is 18.2 Å². The molecule has 0 unspecified atom stereocenters. The van der Waals surface area contributed by atoms with E-state index in [2.05, 4.69) is 25.4 Å². The maximum atomic E-state index is 13.8. The van der Waals surface area contributed by atoms with Crippen molar-refractivity contribution >= 4 is 28.3 Å². The number of alkyl halides is 1. The number of anilines is 1. The number of halogens is 1. The molecule has 8 heteroatoms. The van der Waals surface area contributed by atoms with Gasteiger partial charge >= 0.3 is 0 Å². The summed E-state index contributed by atoms with van der Waals surface area (Å²) in [6.45, 7) is 3.14. The highest BCUT2D eigenvalue weighted by Crippen LogP contribution is 2.31. The van der Waals surface area contributed by atoms with Gasteiger partial charge in [0, 0.05) is 35.5 Å². The van der Waals surface area contributed by atoms with Gasteiger partial charge in [0.05, 0.1) is 23.8 Å². The van der Waals surface area contributed by atoms with Crippen LogP contribution in [-0.4, -0.2) is 42.6 Å². The third kappa shape index (κ3) is 4.47. The molecule has 5 rings (SSSR count). The predicted molar refractivity (Wildman–Crippen MR) is 127 cm³/mol. The van der Waals surface area contributed by atoms with Gasteiger partial charge in [-0.25, -0.2) is 13.9 Å². The fourth-order valence-corrected chi connectivity index (χ4v) is 4.62. The molecule has 172 valence electrons. The molecular weight excluding hydrogens is 419 g/mol. The monoisotopic (exact) mass is 448 g/mol. The zero-order valence-corrected chi connectivity index (χ0v) is 19.1. The van der Waals surface area contributed by atoms with Gasteiger partial charge in [0.15, 0.2) is 5.78 Å². The molecule has 0 bridgehead atoms. The first kappa shape index (κ1) is 21.6. The summed E-state index contributed by atoms with van der Waals surface area (Å²) in [5.41, 5.74) is 2.73. The van der Waals surface area contributed by atoms with Crippen molar-refractivity contribution < 1.29 is 9.18 Å². The van der Waals surface area contributed by atoms with E-state index in [9.17, 15) is 9.18 Å². The van der Waals surface area contributed by atoms with Crippen LogP contribution in [-0.2, 0) is 0 Å². The van der Waals surface area contributed by atoms with E-state index in [1.54, 1.807) is 16.9 Å². The van der Waals surface area contributed by atoms with Crippen LogP contribution < -0.4 is 5.32 Å². The number of hydrogen-bond acceptors (Lipinski definition) is 5. The lowest BCUT2D eigenvalue weighted by Crippen LogP contribution is -2.25.